The Bertz CT molecular complexity index is 339. The molecule has 1 aromatic carbocycles. The Morgan fingerprint density at radius 1 is 1.44 bits per heavy atom. The highest BCUT2D eigenvalue weighted by Gasteiger charge is 2.15. The predicted molar refractivity (Wildman–Crippen MR) is 70.3 cm³/mol. The zero-order valence-electron chi connectivity index (χ0n) is 10.3. The Balaban J connectivity index is 2.90. The van der Waals surface area contributed by atoms with E-state index in [-0.39, 0.29) is 6.04 Å². The summed E-state index contributed by atoms with van der Waals surface area (Å²) in [4.78, 5) is 0. The van der Waals surface area contributed by atoms with Crippen molar-refractivity contribution in [2.24, 2.45) is 11.8 Å². The maximum atomic E-state index is 6.12. The smallest absolute Gasteiger partial charge is 0.0465 e. The van der Waals surface area contributed by atoms with Crippen LogP contribution in [0.5, 0.6) is 0 Å². The van der Waals surface area contributed by atoms with E-state index in [4.69, 9.17) is 17.4 Å². The summed E-state index contributed by atoms with van der Waals surface area (Å²) in [5.41, 5.74) is 5.22. The van der Waals surface area contributed by atoms with Gasteiger partial charge in [0, 0.05) is 11.1 Å². The van der Waals surface area contributed by atoms with Crippen LogP contribution in [0.4, 0.5) is 0 Å². The van der Waals surface area contributed by atoms with E-state index in [2.05, 4.69) is 25.3 Å². The first-order chi connectivity index (χ1) is 7.60. The number of nitrogens with two attached hydrogens (primary N) is 1. The monoisotopic (exact) mass is 240 g/mol. The fraction of sp³-hybridized carbons (Fsp3) is 0.538. The number of hydrogen-bond donors (Lipinski definition) is 2. The third kappa shape index (κ3) is 3.21. The van der Waals surface area contributed by atoms with E-state index in [9.17, 15) is 0 Å². The van der Waals surface area contributed by atoms with Crippen LogP contribution >= 0.6 is 11.6 Å². The summed E-state index contributed by atoms with van der Waals surface area (Å²) >= 11 is 6.12. The van der Waals surface area contributed by atoms with Gasteiger partial charge in [0.05, 0.1) is 0 Å². The van der Waals surface area contributed by atoms with Gasteiger partial charge in [-0.05, 0) is 36.5 Å². The van der Waals surface area contributed by atoms with Crippen molar-refractivity contribution in [3.05, 3.63) is 34.3 Å². The number of hydrogen-bond acceptors (Lipinski definition) is 2. The number of benzene rings is 1. The maximum absolute atomic E-state index is 6.12. The van der Waals surface area contributed by atoms with Gasteiger partial charge in [-0.1, -0.05) is 44.0 Å². The summed E-state index contributed by atoms with van der Waals surface area (Å²) in [6.45, 7) is 6.48. The van der Waals surface area contributed by atoms with Crippen LogP contribution in [0, 0.1) is 12.8 Å². The zero-order chi connectivity index (χ0) is 12.1. The van der Waals surface area contributed by atoms with Crippen LogP contribution in [0.3, 0.4) is 0 Å². The van der Waals surface area contributed by atoms with Crippen LogP contribution in [0.25, 0.3) is 0 Å². The highest BCUT2D eigenvalue weighted by atomic mass is 35.5. The minimum absolute atomic E-state index is 0.189. The number of hydrazine groups is 1. The van der Waals surface area contributed by atoms with E-state index in [1.165, 1.54) is 5.56 Å². The molecule has 16 heavy (non-hydrogen) atoms. The van der Waals surface area contributed by atoms with Gasteiger partial charge in [-0.15, -0.1) is 0 Å². The third-order valence-corrected chi connectivity index (χ3v) is 3.63. The molecule has 0 saturated carbocycles. The molecule has 0 heterocycles. The fourth-order valence-electron chi connectivity index (χ4n) is 1.86. The summed E-state index contributed by atoms with van der Waals surface area (Å²) in [7, 11) is 0. The van der Waals surface area contributed by atoms with Crippen molar-refractivity contribution >= 4 is 11.6 Å². The summed E-state index contributed by atoms with van der Waals surface area (Å²) in [6.07, 6.45) is 2.20. The Morgan fingerprint density at radius 2 is 2.12 bits per heavy atom. The van der Waals surface area contributed by atoms with Crippen molar-refractivity contribution in [2.45, 2.75) is 39.7 Å². The largest absolute Gasteiger partial charge is 0.271 e. The second-order valence-electron chi connectivity index (χ2n) is 4.42. The average molecular weight is 241 g/mol. The molecule has 2 atom stereocenters. The molecular formula is C13H21ClN2. The molecule has 1 aromatic rings. The van der Waals surface area contributed by atoms with Crippen LogP contribution in [-0.4, -0.2) is 0 Å². The van der Waals surface area contributed by atoms with E-state index >= 15 is 0 Å². The van der Waals surface area contributed by atoms with Gasteiger partial charge in [0.15, 0.2) is 0 Å². The fourth-order valence-corrected chi connectivity index (χ4v) is 2.04. The van der Waals surface area contributed by atoms with Gasteiger partial charge in [-0.2, -0.15) is 0 Å². The highest BCUT2D eigenvalue weighted by Crippen LogP contribution is 2.28. The summed E-state index contributed by atoms with van der Waals surface area (Å²) in [5, 5.41) is 0.807. The molecule has 0 aromatic heterocycles. The maximum Gasteiger partial charge on any atom is 0.0465 e. The topological polar surface area (TPSA) is 38.0 Å². The predicted octanol–water partition coefficient (Wildman–Crippen LogP) is 3.59. The van der Waals surface area contributed by atoms with Crippen LogP contribution in [0.2, 0.25) is 5.02 Å². The number of nitrogens with one attached hydrogen (secondary N) is 1. The van der Waals surface area contributed by atoms with Crippen LogP contribution in [-0.2, 0) is 0 Å². The van der Waals surface area contributed by atoms with E-state index in [0.29, 0.717) is 5.92 Å². The lowest BCUT2D eigenvalue weighted by Crippen LogP contribution is -2.29. The van der Waals surface area contributed by atoms with Gasteiger partial charge in [-0.25, -0.2) is 0 Å². The molecule has 0 spiro atoms. The molecule has 0 aliphatic heterocycles. The van der Waals surface area contributed by atoms with E-state index in [1.807, 2.05) is 19.1 Å². The minimum Gasteiger partial charge on any atom is -0.271 e. The minimum atomic E-state index is 0.189. The average Bonchev–Trinajstić information content (AvgIpc) is 2.29. The van der Waals surface area contributed by atoms with Gasteiger partial charge in [0.2, 0.25) is 0 Å². The second-order valence-corrected chi connectivity index (χ2v) is 4.83. The lowest BCUT2D eigenvalue weighted by Gasteiger charge is -2.22. The van der Waals surface area contributed by atoms with Gasteiger partial charge < -0.3 is 0 Å². The summed E-state index contributed by atoms with van der Waals surface area (Å²) < 4.78 is 0. The van der Waals surface area contributed by atoms with E-state index < -0.39 is 0 Å². The molecule has 0 radical (unpaired) electrons. The van der Waals surface area contributed by atoms with Crippen LogP contribution in [0.15, 0.2) is 18.2 Å². The number of halogens is 1. The molecule has 0 bridgehead atoms. The highest BCUT2D eigenvalue weighted by molar-refractivity contribution is 6.31. The molecule has 3 heteroatoms. The zero-order valence-corrected chi connectivity index (χ0v) is 11.0. The molecule has 0 aliphatic rings. The molecule has 1 rings (SSSR count). The standard InChI is InChI=1S/C13H21ClN2/c1-4-9(2)8-13(16-15)11-6-5-7-12(14)10(11)3/h5-7,9,13,16H,4,8,15H2,1-3H3. The first-order valence-electron chi connectivity index (χ1n) is 5.81. The molecule has 0 amide bonds. The first-order valence-corrected chi connectivity index (χ1v) is 6.19. The Hall–Kier alpha value is -0.570. The quantitative estimate of drug-likeness (QED) is 0.610. The van der Waals surface area contributed by atoms with Gasteiger partial charge >= 0.3 is 0 Å². The molecule has 3 N–H and O–H groups in total. The van der Waals surface area contributed by atoms with Gasteiger partial charge in [-0.3, -0.25) is 11.3 Å². The summed E-state index contributed by atoms with van der Waals surface area (Å²) in [6, 6.07) is 6.17. The Morgan fingerprint density at radius 3 is 2.69 bits per heavy atom. The molecule has 90 valence electrons. The first kappa shape index (κ1) is 13.5. The molecule has 2 nitrogen and oxygen atoms in total. The molecule has 0 aliphatic carbocycles. The summed E-state index contributed by atoms with van der Waals surface area (Å²) in [5.74, 6) is 6.29. The molecule has 2 unspecified atom stereocenters. The van der Waals surface area contributed by atoms with Crippen molar-refractivity contribution in [1.82, 2.24) is 5.43 Å². The molecular weight excluding hydrogens is 220 g/mol. The Kier molecular flexibility index (Phi) is 5.26. The lowest BCUT2D eigenvalue weighted by atomic mass is 9.92. The van der Waals surface area contributed by atoms with Gasteiger partial charge in [0.25, 0.3) is 0 Å². The van der Waals surface area contributed by atoms with Gasteiger partial charge in [0.1, 0.15) is 0 Å². The van der Waals surface area contributed by atoms with Crippen molar-refractivity contribution in [2.75, 3.05) is 0 Å². The van der Waals surface area contributed by atoms with Crippen molar-refractivity contribution in [1.29, 1.82) is 0 Å². The molecule has 0 saturated heterocycles. The van der Waals surface area contributed by atoms with Crippen molar-refractivity contribution < 1.29 is 0 Å². The lowest BCUT2D eigenvalue weighted by molar-refractivity contribution is 0.407. The Labute approximate surface area is 103 Å². The van der Waals surface area contributed by atoms with E-state index in [1.54, 1.807) is 0 Å². The number of rotatable bonds is 5. The normalized spacial score (nSPS) is 14.8. The second kappa shape index (κ2) is 6.24. The third-order valence-electron chi connectivity index (χ3n) is 3.22. The molecule has 0 fully saturated rings. The van der Waals surface area contributed by atoms with Crippen molar-refractivity contribution in [3.8, 4) is 0 Å². The van der Waals surface area contributed by atoms with Crippen molar-refractivity contribution in [3.63, 3.8) is 0 Å². The van der Waals surface area contributed by atoms with E-state index in [0.717, 1.165) is 23.4 Å². The van der Waals surface area contributed by atoms with Crippen LogP contribution < -0.4 is 11.3 Å². The SMILES string of the molecule is CCC(C)CC(NN)c1cccc(Cl)c1C. The van der Waals surface area contributed by atoms with Crippen LogP contribution in [0.1, 0.15) is 43.9 Å².